The van der Waals surface area contributed by atoms with Crippen molar-refractivity contribution in [1.82, 2.24) is 9.34 Å². The van der Waals surface area contributed by atoms with Crippen LogP contribution in [0.2, 0.25) is 0 Å². The molecule has 2 unspecified atom stereocenters. The Kier molecular flexibility index (Phi) is 29.9. The fraction of sp³-hybridized carbons (Fsp3) is 0.321. The maximum Gasteiger partial charge on any atom is 1.00 e. The molecule has 0 fully saturated rings. The van der Waals surface area contributed by atoms with Crippen LogP contribution >= 0.6 is 49.1 Å². The molecule has 6 rings (SSSR count). The van der Waals surface area contributed by atoms with Gasteiger partial charge >= 0.3 is 45.4 Å². The minimum absolute atomic E-state index is 0. The summed E-state index contributed by atoms with van der Waals surface area (Å²) in [5.41, 5.74) is 1.97. The largest absolute Gasteiger partial charge is 1.00 e. The number of alkyl halides is 2. The van der Waals surface area contributed by atoms with Crippen LogP contribution in [0.25, 0.3) is 21.5 Å². The van der Waals surface area contributed by atoms with Crippen LogP contribution in [0.1, 0.15) is 57.5 Å². The van der Waals surface area contributed by atoms with Gasteiger partial charge in [0, 0.05) is 63.2 Å². The quantitative estimate of drug-likeness (QED) is 0.0113. The van der Waals surface area contributed by atoms with Gasteiger partial charge in [-0.3, -0.25) is 4.52 Å². The molecule has 0 radical (unpaired) electrons. The van der Waals surface area contributed by atoms with Crippen molar-refractivity contribution in [2.75, 3.05) is 80.6 Å². The van der Waals surface area contributed by atoms with Crippen molar-refractivity contribution in [3.05, 3.63) is 157 Å². The van der Waals surface area contributed by atoms with Gasteiger partial charge in [0.25, 0.3) is 0 Å². The van der Waals surface area contributed by atoms with Gasteiger partial charge in [0.05, 0.1) is 46.2 Å². The molecule has 0 N–H and O–H groups in total. The topological polar surface area (TPSA) is 181 Å². The Hall–Kier alpha value is -5.17. The van der Waals surface area contributed by atoms with Gasteiger partial charge in [-0.1, -0.05) is 73.8 Å². The number of ether oxygens (including phenoxy) is 6. The summed E-state index contributed by atoms with van der Waals surface area (Å²) in [7, 11) is 5.80. The van der Waals surface area contributed by atoms with E-state index in [0.717, 1.165) is 40.8 Å². The van der Waals surface area contributed by atoms with Crippen molar-refractivity contribution in [1.29, 1.82) is 0 Å². The summed E-state index contributed by atoms with van der Waals surface area (Å²) in [5, 5.41) is 14.7. The monoisotopic (exact) mass is 1160 g/mol. The Labute approximate surface area is 484 Å². The number of esters is 2. The summed E-state index contributed by atoms with van der Waals surface area (Å²) >= 11 is 17.4. The number of carbonyl (C=O) groups excluding carboxylic acids is 2. The molecular weight excluding hydrogens is 1100 g/mol. The molecule has 0 saturated heterocycles. The Bertz CT molecular complexity index is 2960. The molecule has 6 aromatic carbocycles. The van der Waals surface area contributed by atoms with E-state index in [0.29, 0.717) is 82.3 Å². The van der Waals surface area contributed by atoms with Crippen LogP contribution in [0, 0.1) is 0 Å². The zero-order chi connectivity index (χ0) is 56.4. The van der Waals surface area contributed by atoms with Gasteiger partial charge in [-0.15, -0.1) is 29.8 Å². The van der Waals surface area contributed by atoms with E-state index in [4.69, 9.17) is 76.4 Å². The number of halogens is 3. The number of hydrogen-bond acceptors (Lipinski definition) is 14. The maximum atomic E-state index is 14.1. The number of benzene rings is 6. The molecule has 0 saturated carbocycles. The minimum Gasteiger partial charge on any atom is -0.851 e. The number of rotatable bonds is 28. The first-order valence-electron chi connectivity index (χ1n) is 24.2. The van der Waals surface area contributed by atoms with E-state index in [1.54, 1.807) is 65.4 Å². The summed E-state index contributed by atoms with van der Waals surface area (Å²) < 4.78 is 78.6. The zero-order valence-corrected chi connectivity index (χ0v) is 49.1. The van der Waals surface area contributed by atoms with Crippen LogP contribution in [-0.4, -0.2) is 102 Å². The maximum absolute atomic E-state index is 14.1. The number of hydrogen-bond donors (Lipinski definition) is 0. The fourth-order valence-corrected chi connectivity index (χ4v) is 10.5. The Morgan fingerprint density at radius 2 is 1.00 bits per heavy atom. The van der Waals surface area contributed by atoms with Crippen LogP contribution in [0.5, 0.6) is 34.5 Å². The molecule has 22 heteroatoms. The summed E-state index contributed by atoms with van der Waals surface area (Å²) in [4.78, 5) is 23.7. The van der Waals surface area contributed by atoms with E-state index >= 15 is 0 Å². The molecule has 0 heterocycles. The SMILES string of the molecule is C=CCOC(=O)c1ccc(OP(=O)(Cl)N(C)CCCCCl)cc1.C=CCOC(=O)c1ccc(OP(=O)(OCc2cc(OC)c3ccccc3c2OC)N(C)CCCCCl)cc1.COc1cc(C[O-])c(OC)c2ccccc12.[Li+]. The van der Waals surface area contributed by atoms with Crippen LogP contribution in [-0.2, 0) is 36.3 Å². The molecule has 2 atom stereocenters. The van der Waals surface area contributed by atoms with E-state index < -0.39 is 26.6 Å². The third kappa shape index (κ3) is 19.6. The molecule has 0 amide bonds. The predicted octanol–water partition coefficient (Wildman–Crippen LogP) is 10.3. The standard InChI is InChI=1S/C28H33ClNO7P.C15H20Cl2NO4P.C13H13O3.Li/c1-5-18-35-28(31)21-12-14-23(15-13-21)37-38(32,30(2)17-9-8-16-29)36-20-22-19-26(33-3)24-10-6-7-11-25(24)27(22)34-4;1-3-12-21-15(19)13-6-8-14(9-7-13)22-23(17,20)18(2)11-5-4-10-16;1-15-12-7-9(8-14)13(16-2)11-6-4-3-5-10(11)12;/h5-7,10-15,19H,1,8-9,16-18,20H2,2-4H3;3,6-9H,1,4-5,10-12H2,2H3;3-7H,8H2,1-2H3;/q;;-1;+1. The first-order chi connectivity index (χ1) is 37.1. The predicted molar refractivity (Wildman–Crippen MR) is 304 cm³/mol. The van der Waals surface area contributed by atoms with E-state index in [9.17, 15) is 23.8 Å². The van der Waals surface area contributed by atoms with Crippen LogP contribution in [0.15, 0.2) is 135 Å². The van der Waals surface area contributed by atoms with Crippen LogP contribution < -0.4 is 52.0 Å². The summed E-state index contributed by atoms with van der Waals surface area (Å²) in [6, 6.07) is 31.2. The molecule has 0 aliphatic heterocycles. The average molecular weight is 1170 g/mol. The first kappa shape index (κ1) is 67.1. The van der Waals surface area contributed by atoms with Gasteiger partial charge in [0.1, 0.15) is 47.7 Å². The molecule has 0 aromatic heterocycles. The van der Waals surface area contributed by atoms with E-state index in [1.807, 2.05) is 54.6 Å². The molecule has 0 aliphatic rings. The molecular formula is C56H66Cl3LiN2O14P2. The molecule has 6 aromatic rings. The minimum atomic E-state index is -3.84. The normalized spacial score (nSPS) is 12.3. The number of nitrogens with zero attached hydrogens (tertiary/aromatic N) is 2. The first-order valence-corrected chi connectivity index (χ1v) is 29.2. The van der Waals surface area contributed by atoms with Crippen LogP contribution in [0.4, 0.5) is 0 Å². The Balaban J connectivity index is 0.000000338. The Morgan fingerprint density at radius 1 is 0.590 bits per heavy atom. The molecule has 0 aliphatic carbocycles. The molecule has 0 spiro atoms. The van der Waals surface area contributed by atoms with Gasteiger partial charge < -0.3 is 42.6 Å². The second-order valence-electron chi connectivity index (χ2n) is 16.5. The van der Waals surface area contributed by atoms with Gasteiger partial charge in [0.2, 0.25) is 0 Å². The number of carbonyl (C=O) groups is 2. The summed E-state index contributed by atoms with van der Waals surface area (Å²) in [6.07, 6.45) is 6.02. The van der Waals surface area contributed by atoms with Gasteiger partial charge in [-0.25, -0.2) is 28.1 Å². The second-order valence-corrected chi connectivity index (χ2v) is 22.4. The smallest absolute Gasteiger partial charge is 0.851 e. The third-order valence-electron chi connectivity index (χ3n) is 11.3. The van der Waals surface area contributed by atoms with Crippen molar-refractivity contribution in [2.45, 2.75) is 38.9 Å². The number of methoxy groups -OCH3 is 4. The van der Waals surface area contributed by atoms with E-state index in [2.05, 4.69) is 13.2 Å². The second kappa shape index (κ2) is 34.8. The number of fused-ring (bicyclic) bond motifs is 2. The van der Waals surface area contributed by atoms with Crippen molar-refractivity contribution in [3.8, 4) is 34.5 Å². The molecule has 78 heavy (non-hydrogen) atoms. The van der Waals surface area contributed by atoms with Crippen molar-refractivity contribution >= 4 is 82.5 Å². The van der Waals surface area contributed by atoms with Crippen LogP contribution in [0.3, 0.4) is 0 Å². The third-order valence-corrected chi connectivity index (χ3v) is 16.2. The van der Waals surface area contributed by atoms with Crippen molar-refractivity contribution in [3.63, 3.8) is 0 Å². The summed E-state index contributed by atoms with van der Waals surface area (Å²) in [6.45, 7) is 4.35. The van der Waals surface area contributed by atoms with Gasteiger partial charge in [-0.05, 0) is 106 Å². The summed E-state index contributed by atoms with van der Waals surface area (Å²) in [5.74, 6) is 3.27. The van der Waals surface area contributed by atoms with Gasteiger partial charge in [0.15, 0.2) is 0 Å². The molecule has 16 nitrogen and oxygen atoms in total. The fourth-order valence-electron chi connectivity index (χ4n) is 7.31. The van der Waals surface area contributed by atoms with Crippen molar-refractivity contribution in [2.24, 2.45) is 0 Å². The zero-order valence-electron chi connectivity index (χ0n) is 45.1. The number of unbranched alkanes of at least 4 members (excludes halogenated alkanes) is 2. The molecule has 416 valence electrons. The molecule has 0 bridgehead atoms. The van der Waals surface area contributed by atoms with E-state index in [-0.39, 0.29) is 51.0 Å². The van der Waals surface area contributed by atoms with E-state index in [1.165, 1.54) is 53.2 Å². The Morgan fingerprint density at radius 3 is 1.41 bits per heavy atom. The van der Waals surface area contributed by atoms with Gasteiger partial charge in [-0.2, -0.15) is 0 Å². The average Bonchev–Trinajstić information content (AvgIpc) is 3.45. The van der Waals surface area contributed by atoms with Crippen molar-refractivity contribution < 1.29 is 84.7 Å².